The molecule has 1 heterocycles. The van der Waals surface area contributed by atoms with Crippen LogP contribution in [-0.4, -0.2) is 54.0 Å². The highest BCUT2D eigenvalue weighted by Crippen LogP contribution is 2.30. The lowest BCUT2D eigenvalue weighted by atomic mass is 10.1. The van der Waals surface area contributed by atoms with Crippen LogP contribution in [0, 0.1) is 10.1 Å². The maximum absolute atomic E-state index is 12.1. The number of rotatable bonds is 3. The molecule has 130 valence electrons. The summed E-state index contributed by atoms with van der Waals surface area (Å²) >= 11 is 0. The number of hydrogen-bond donors (Lipinski definition) is 0. The second-order valence-corrected chi connectivity index (χ2v) is 6.58. The summed E-state index contributed by atoms with van der Waals surface area (Å²) in [5.41, 5.74) is 0.163. The second kappa shape index (κ2) is 6.86. The number of nitro groups is 1. The zero-order valence-corrected chi connectivity index (χ0v) is 14.0. The highest BCUT2D eigenvalue weighted by Gasteiger charge is 2.28. The van der Waals surface area contributed by atoms with Crippen LogP contribution in [0.5, 0.6) is 0 Å². The molecule has 1 aliphatic rings. The summed E-state index contributed by atoms with van der Waals surface area (Å²) in [6, 6.07) is 4.26. The number of nitro benzene ring substituents is 1. The van der Waals surface area contributed by atoms with Crippen molar-refractivity contribution in [1.29, 1.82) is 0 Å². The smallest absolute Gasteiger partial charge is 0.410 e. The second-order valence-electron chi connectivity index (χ2n) is 6.58. The molecule has 8 heteroatoms. The molecule has 1 saturated heterocycles. The van der Waals surface area contributed by atoms with E-state index in [2.05, 4.69) is 0 Å². The number of carbonyl (C=O) groups is 2. The zero-order chi connectivity index (χ0) is 17.9. The van der Waals surface area contributed by atoms with Crippen LogP contribution in [0.4, 0.5) is 16.2 Å². The Balaban J connectivity index is 2.11. The Morgan fingerprint density at radius 1 is 1.25 bits per heavy atom. The molecular weight excluding hydrogens is 314 g/mol. The zero-order valence-electron chi connectivity index (χ0n) is 14.0. The number of benzene rings is 1. The summed E-state index contributed by atoms with van der Waals surface area (Å²) in [5, 5.41) is 11.2. The molecule has 0 aromatic heterocycles. The highest BCUT2D eigenvalue weighted by atomic mass is 16.6. The number of hydrogen-bond acceptors (Lipinski definition) is 6. The fourth-order valence-electron chi connectivity index (χ4n) is 2.48. The molecule has 0 unspecified atom stereocenters. The molecule has 0 bridgehead atoms. The molecule has 1 fully saturated rings. The van der Waals surface area contributed by atoms with Gasteiger partial charge in [0, 0.05) is 37.8 Å². The molecule has 0 spiro atoms. The lowest BCUT2D eigenvalue weighted by Gasteiger charge is -2.36. The first kappa shape index (κ1) is 17.7. The molecule has 24 heavy (non-hydrogen) atoms. The molecule has 1 aromatic rings. The molecule has 1 aromatic carbocycles. The largest absolute Gasteiger partial charge is 0.444 e. The molecule has 0 radical (unpaired) electrons. The number of nitrogens with zero attached hydrogens (tertiary/aromatic N) is 3. The lowest BCUT2D eigenvalue weighted by Crippen LogP contribution is -2.50. The van der Waals surface area contributed by atoms with Crippen molar-refractivity contribution in [2.24, 2.45) is 0 Å². The van der Waals surface area contributed by atoms with E-state index in [1.54, 1.807) is 25.7 Å². The first-order valence-electron chi connectivity index (χ1n) is 7.68. The number of anilines is 1. The van der Waals surface area contributed by atoms with Crippen molar-refractivity contribution in [3.05, 3.63) is 33.9 Å². The minimum Gasteiger partial charge on any atom is -0.444 e. The average Bonchev–Trinajstić information content (AvgIpc) is 2.52. The van der Waals surface area contributed by atoms with Crippen LogP contribution in [0.2, 0.25) is 0 Å². The Morgan fingerprint density at radius 2 is 1.88 bits per heavy atom. The molecule has 0 atom stereocenters. The maximum atomic E-state index is 12.1. The van der Waals surface area contributed by atoms with Crippen molar-refractivity contribution >= 4 is 23.8 Å². The first-order chi connectivity index (χ1) is 11.2. The number of aldehydes is 1. The maximum Gasteiger partial charge on any atom is 0.410 e. The van der Waals surface area contributed by atoms with Crippen molar-refractivity contribution in [2.75, 3.05) is 31.1 Å². The summed E-state index contributed by atoms with van der Waals surface area (Å²) in [6.07, 6.45) is 0.266. The Morgan fingerprint density at radius 3 is 2.38 bits per heavy atom. The van der Waals surface area contributed by atoms with Crippen molar-refractivity contribution < 1.29 is 19.2 Å². The molecule has 1 amide bonds. The fraction of sp³-hybridized carbons (Fsp3) is 0.500. The van der Waals surface area contributed by atoms with Crippen molar-refractivity contribution in [3.8, 4) is 0 Å². The first-order valence-corrected chi connectivity index (χ1v) is 7.68. The predicted molar refractivity (Wildman–Crippen MR) is 88.5 cm³/mol. The van der Waals surface area contributed by atoms with Gasteiger partial charge in [0.15, 0.2) is 0 Å². The van der Waals surface area contributed by atoms with Gasteiger partial charge in [0.2, 0.25) is 0 Å². The summed E-state index contributed by atoms with van der Waals surface area (Å²) in [4.78, 5) is 37.1. The topological polar surface area (TPSA) is 93.0 Å². The van der Waals surface area contributed by atoms with Gasteiger partial charge in [0.05, 0.1) is 4.92 Å². The van der Waals surface area contributed by atoms with Crippen molar-refractivity contribution in [1.82, 2.24) is 4.90 Å². The van der Waals surface area contributed by atoms with Gasteiger partial charge in [-0.15, -0.1) is 0 Å². The highest BCUT2D eigenvalue weighted by molar-refractivity contribution is 5.80. The number of ether oxygens (including phenoxy) is 1. The monoisotopic (exact) mass is 335 g/mol. The number of carbonyl (C=O) groups excluding carboxylic acids is 2. The van der Waals surface area contributed by atoms with Crippen LogP contribution in [0.15, 0.2) is 18.2 Å². The average molecular weight is 335 g/mol. The van der Waals surface area contributed by atoms with Gasteiger partial charge in [0.1, 0.15) is 17.6 Å². The van der Waals surface area contributed by atoms with Gasteiger partial charge >= 0.3 is 6.09 Å². The molecule has 0 N–H and O–H groups in total. The van der Waals surface area contributed by atoms with Crippen LogP contribution in [0.1, 0.15) is 31.1 Å². The third-order valence-corrected chi connectivity index (χ3v) is 3.60. The van der Waals surface area contributed by atoms with E-state index in [0.29, 0.717) is 43.7 Å². The van der Waals surface area contributed by atoms with E-state index in [-0.39, 0.29) is 5.69 Å². The minimum atomic E-state index is -0.564. The van der Waals surface area contributed by atoms with E-state index in [9.17, 15) is 19.7 Å². The Labute approximate surface area is 140 Å². The summed E-state index contributed by atoms with van der Waals surface area (Å²) in [5.74, 6) is 0. The van der Waals surface area contributed by atoms with Gasteiger partial charge < -0.3 is 14.5 Å². The summed E-state index contributed by atoms with van der Waals surface area (Å²) < 4.78 is 5.33. The fourth-order valence-corrected chi connectivity index (χ4v) is 2.48. The van der Waals surface area contributed by atoms with E-state index in [0.717, 1.165) is 0 Å². The van der Waals surface area contributed by atoms with Gasteiger partial charge in [0.25, 0.3) is 5.69 Å². The van der Waals surface area contributed by atoms with Crippen LogP contribution in [0.25, 0.3) is 0 Å². The molecule has 0 aliphatic carbocycles. The van der Waals surface area contributed by atoms with E-state index in [1.165, 1.54) is 18.2 Å². The molecule has 1 aliphatic heterocycles. The van der Waals surface area contributed by atoms with Crippen LogP contribution >= 0.6 is 0 Å². The van der Waals surface area contributed by atoms with E-state index in [1.807, 2.05) is 4.90 Å². The van der Waals surface area contributed by atoms with Gasteiger partial charge in [-0.3, -0.25) is 14.9 Å². The van der Waals surface area contributed by atoms with Crippen LogP contribution in [0.3, 0.4) is 0 Å². The standard InChI is InChI=1S/C16H21N3O5/c1-16(2,3)24-15(21)18-8-6-17(7-9-18)14-10-12(11-20)4-5-13(14)19(22)23/h4-5,10-11H,6-9H2,1-3H3. The van der Waals surface area contributed by atoms with Gasteiger partial charge in [-0.05, 0) is 32.9 Å². The Kier molecular flexibility index (Phi) is 5.06. The van der Waals surface area contributed by atoms with Crippen molar-refractivity contribution in [2.45, 2.75) is 26.4 Å². The number of piperazine rings is 1. The van der Waals surface area contributed by atoms with Gasteiger partial charge in [-0.2, -0.15) is 0 Å². The molecule has 8 nitrogen and oxygen atoms in total. The number of amides is 1. The Hall–Kier alpha value is -2.64. The molecule has 2 rings (SSSR count). The predicted octanol–water partition coefficient (Wildman–Crippen LogP) is 2.46. The molecule has 0 saturated carbocycles. The summed E-state index contributed by atoms with van der Waals surface area (Å²) in [6.45, 7) is 7.07. The third kappa shape index (κ3) is 4.21. The van der Waals surface area contributed by atoms with E-state index < -0.39 is 16.6 Å². The van der Waals surface area contributed by atoms with E-state index in [4.69, 9.17) is 4.74 Å². The Bertz CT molecular complexity index is 646. The van der Waals surface area contributed by atoms with E-state index >= 15 is 0 Å². The SMILES string of the molecule is CC(C)(C)OC(=O)N1CCN(c2cc(C=O)ccc2[N+](=O)[O-])CC1. The van der Waals surface area contributed by atoms with Crippen molar-refractivity contribution in [3.63, 3.8) is 0 Å². The van der Waals surface area contributed by atoms with Gasteiger partial charge in [-0.25, -0.2) is 4.79 Å². The van der Waals surface area contributed by atoms with Crippen LogP contribution in [-0.2, 0) is 4.74 Å². The normalized spacial score (nSPS) is 15.1. The summed E-state index contributed by atoms with van der Waals surface area (Å²) in [7, 11) is 0. The quantitative estimate of drug-likeness (QED) is 0.478. The van der Waals surface area contributed by atoms with Crippen LogP contribution < -0.4 is 4.90 Å². The third-order valence-electron chi connectivity index (χ3n) is 3.60. The van der Waals surface area contributed by atoms with Gasteiger partial charge in [-0.1, -0.05) is 0 Å². The lowest BCUT2D eigenvalue weighted by molar-refractivity contribution is -0.384. The minimum absolute atomic E-state index is 0.0497. The molecular formula is C16H21N3O5.